The standard InChI is InChI=1S/C19H28F3N3O2.HI/c1-23-18(25(2)9-6-14-7-10-27-11-8-14)24-13-15-4-5-16(26-3)12-17(15)19(20,21)22;/h4-5,12,14H,6-11,13H2,1-3H3,(H,23,24);1H. The fourth-order valence-electron chi connectivity index (χ4n) is 3.18. The van der Waals surface area contributed by atoms with E-state index in [9.17, 15) is 13.2 Å². The van der Waals surface area contributed by atoms with Crippen LogP contribution in [0.4, 0.5) is 13.2 Å². The van der Waals surface area contributed by atoms with Gasteiger partial charge in [-0.1, -0.05) is 6.07 Å². The summed E-state index contributed by atoms with van der Waals surface area (Å²) in [6.07, 6.45) is -1.32. The number of nitrogens with zero attached hydrogens (tertiary/aromatic N) is 2. The Morgan fingerprint density at radius 1 is 1.32 bits per heavy atom. The highest BCUT2D eigenvalue weighted by Gasteiger charge is 2.33. The summed E-state index contributed by atoms with van der Waals surface area (Å²) in [6, 6.07) is 3.99. The number of nitrogens with one attached hydrogen (secondary N) is 1. The summed E-state index contributed by atoms with van der Waals surface area (Å²) in [6.45, 7) is 2.43. The zero-order chi connectivity index (χ0) is 19.9. The lowest BCUT2D eigenvalue weighted by molar-refractivity contribution is -0.138. The molecule has 2 rings (SSSR count). The van der Waals surface area contributed by atoms with Crippen molar-refractivity contribution in [2.45, 2.75) is 32.0 Å². The number of alkyl halides is 3. The van der Waals surface area contributed by atoms with Gasteiger partial charge in [0.2, 0.25) is 0 Å². The van der Waals surface area contributed by atoms with Crippen molar-refractivity contribution in [2.24, 2.45) is 10.9 Å². The Balaban J connectivity index is 0.00000392. The summed E-state index contributed by atoms with van der Waals surface area (Å²) >= 11 is 0. The van der Waals surface area contributed by atoms with Crippen LogP contribution in [0.1, 0.15) is 30.4 Å². The van der Waals surface area contributed by atoms with Gasteiger partial charge < -0.3 is 19.7 Å². The molecule has 0 radical (unpaired) electrons. The molecule has 1 N–H and O–H groups in total. The Morgan fingerprint density at radius 3 is 2.57 bits per heavy atom. The minimum atomic E-state index is -4.44. The Labute approximate surface area is 181 Å². The first kappa shape index (κ1) is 24.8. The third-order valence-electron chi connectivity index (χ3n) is 4.85. The predicted molar refractivity (Wildman–Crippen MR) is 114 cm³/mol. The second-order valence-corrected chi connectivity index (χ2v) is 6.69. The van der Waals surface area contributed by atoms with Crippen LogP contribution in [0.3, 0.4) is 0 Å². The predicted octanol–water partition coefficient (Wildman–Crippen LogP) is 4.16. The molecule has 5 nitrogen and oxygen atoms in total. The number of aliphatic imine (C=N–C) groups is 1. The van der Waals surface area contributed by atoms with E-state index < -0.39 is 11.7 Å². The highest BCUT2D eigenvalue weighted by atomic mass is 127. The minimum Gasteiger partial charge on any atom is -0.497 e. The molecule has 1 fully saturated rings. The maximum atomic E-state index is 13.3. The molecule has 28 heavy (non-hydrogen) atoms. The zero-order valence-electron chi connectivity index (χ0n) is 16.5. The maximum absolute atomic E-state index is 13.3. The van der Waals surface area contributed by atoms with E-state index in [1.807, 2.05) is 11.9 Å². The molecule has 1 aliphatic heterocycles. The maximum Gasteiger partial charge on any atom is 0.416 e. The molecule has 1 aromatic carbocycles. The molecule has 1 saturated heterocycles. The summed E-state index contributed by atoms with van der Waals surface area (Å²) < 4.78 is 50.3. The SMILES string of the molecule is CN=C(NCc1ccc(OC)cc1C(F)(F)F)N(C)CCC1CCOCC1.I. The summed E-state index contributed by atoms with van der Waals surface area (Å²) in [5.74, 6) is 1.38. The quantitative estimate of drug-likeness (QED) is 0.352. The fraction of sp³-hybridized carbons (Fsp3) is 0.632. The van der Waals surface area contributed by atoms with Crippen LogP contribution in [0.2, 0.25) is 0 Å². The molecule has 1 aliphatic rings. The molecule has 9 heteroatoms. The van der Waals surface area contributed by atoms with E-state index in [-0.39, 0.29) is 41.8 Å². The van der Waals surface area contributed by atoms with E-state index in [1.54, 1.807) is 7.05 Å². The fourth-order valence-corrected chi connectivity index (χ4v) is 3.18. The zero-order valence-corrected chi connectivity index (χ0v) is 18.8. The van der Waals surface area contributed by atoms with Crippen LogP contribution in [-0.2, 0) is 17.5 Å². The normalized spacial score (nSPS) is 15.7. The first-order valence-electron chi connectivity index (χ1n) is 9.08. The molecule has 0 unspecified atom stereocenters. The van der Waals surface area contributed by atoms with Gasteiger partial charge in [-0.2, -0.15) is 13.2 Å². The van der Waals surface area contributed by atoms with Crippen molar-refractivity contribution in [3.63, 3.8) is 0 Å². The third kappa shape index (κ3) is 7.31. The summed E-state index contributed by atoms with van der Waals surface area (Å²) in [5, 5.41) is 3.03. The van der Waals surface area contributed by atoms with E-state index in [0.29, 0.717) is 11.9 Å². The van der Waals surface area contributed by atoms with Crippen LogP contribution in [0, 0.1) is 5.92 Å². The third-order valence-corrected chi connectivity index (χ3v) is 4.85. The van der Waals surface area contributed by atoms with Crippen molar-refractivity contribution in [3.05, 3.63) is 29.3 Å². The van der Waals surface area contributed by atoms with E-state index in [0.717, 1.165) is 45.1 Å². The molecule has 1 heterocycles. The molecule has 0 saturated carbocycles. The van der Waals surface area contributed by atoms with Gasteiger partial charge in [0.15, 0.2) is 5.96 Å². The van der Waals surface area contributed by atoms with Crippen LogP contribution in [0.25, 0.3) is 0 Å². The first-order chi connectivity index (χ1) is 12.8. The van der Waals surface area contributed by atoms with Gasteiger partial charge in [-0.3, -0.25) is 4.99 Å². The summed E-state index contributed by atoms with van der Waals surface area (Å²) in [7, 11) is 4.88. The van der Waals surface area contributed by atoms with E-state index >= 15 is 0 Å². The number of methoxy groups -OCH3 is 1. The van der Waals surface area contributed by atoms with Gasteiger partial charge in [-0.05, 0) is 42.9 Å². The largest absolute Gasteiger partial charge is 0.497 e. The number of rotatable bonds is 6. The molecule has 0 aromatic heterocycles. The molecular formula is C19H29F3IN3O2. The summed E-state index contributed by atoms with van der Waals surface area (Å²) in [5.41, 5.74) is -0.544. The molecule has 1 aromatic rings. The van der Waals surface area contributed by atoms with Gasteiger partial charge in [0.1, 0.15) is 5.75 Å². The topological polar surface area (TPSA) is 46.1 Å². The second-order valence-electron chi connectivity index (χ2n) is 6.69. The number of guanidine groups is 1. The van der Waals surface area contributed by atoms with E-state index in [4.69, 9.17) is 9.47 Å². The van der Waals surface area contributed by atoms with Crippen molar-refractivity contribution in [2.75, 3.05) is 41.0 Å². The molecule has 0 atom stereocenters. The lowest BCUT2D eigenvalue weighted by Gasteiger charge is -2.27. The van der Waals surface area contributed by atoms with Crippen molar-refractivity contribution in [1.82, 2.24) is 10.2 Å². The van der Waals surface area contributed by atoms with Gasteiger partial charge >= 0.3 is 6.18 Å². The van der Waals surface area contributed by atoms with Crippen LogP contribution < -0.4 is 10.1 Å². The number of benzene rings is 1. The lowest BCUT2D eigenvalue weighted by atomic mass is 9.96. The Hall–Kier alpha value is -1.23. The van der Waals surface area contributed by atoms with Crippen molar-refractivity contribution >= 4 is 29.9 Å². The van der Waals surface area contributed by atoms with Crippen molar-refractivity contribution < 1.29 is 22.6 Å². The Bertz CT molecular complexity index is 635. The monoisotopic (exact) mass is 515 g/mol. The Morgan fingerprint density at radius 2 is 2.00 bits per heavy atom. The Kier molecular flexibility index (Phi) is 10.4. The van der Waals surface area contributed by atoms with Gasteiger partial charge in [-0.15, -0.1) is 24.0 Å². The van der Waals surface area contributed by atoms with Crippen LogP contribution in [0.15, 0.2) is 23.2 Å². The molecule has 0 amide bonds. The van der Waals surface area contributed by atoms with Gasteiger partial charge in [0.25, 0.3) is 0 Å². The van der Waals surface area contributed by atoms with Crippen molar-refractivity contribution in [3.8, 4) is 5.75 Å². The molecule has 0 bridgehead atoms. The minimum absolute atomic E-state index is 0. The molecular weight excluding hydrogens is 486 g/mol. The average Bonchev–Trinajstić information content (AvgIpc) is 2.67. The lowest BCUT2D eigenvalue weighted by Crippen LogP contribution is -2.40. The number of halogens is 4. The summed E-state index contributed by atoms with van der Waals surface area (Å²) in [4.78, 5) is 6.14. The van der Waals surface area contributed by atoms with Crippen LogP contribution in [0.5, 0.6) is 5.75 Å². The molecule has 0 aliphatic carbocycles. The average molecular weight is 515 g/mol. The second kappa shape index (κ2) is 11.7. The number of hydrogen-bond donors (Lipinski definition) is 1. The van der Waals surface area contributed by atoms with Gasteiger partial charge in [-0.25, -0.2) is 0 Å². The van der Waals surface area contributed by atoms with E-state index in [2.05, 4.69) is 10.3 Å². The highest BCUT2D eigenvalue weighted by molar-refractivity contribution is 14.0. The first-order valence-corrected chi connectivity index (χ1v) is 9.08. The number of hydrogen-bond acceptors (Lipinski definition) is 3. The van der Waals surface area contributed by atoms with Gasteiger partial charge in [0, 0.05) is 40.4 Å². The van der Waals surface area contributed by atoms with E-state index in [1.165, 1.54) is 19.2 Å². The molecule has 0 spiro atoms. The van der Waals surface area contributed by atoms with Crippen LogP contribution >= 0.6 is 24.0 Å². The van der Waals surface area contributed by atoms with Crippen molar-refractivity contribution in [1.29, 1.82) is 0 Å². The molecule has 160 valence electrons. The number of ether oxygens (including phenoxy) is 2. The smallest absolute Gasteiger partial charge is 0.416 e. The highest BCUT2D eigenvalue weighted by Crippen LogP contribution is 2.34. The van der Waals surface area contributed by atoms with Gasteiger partial charge in [0.05, 0.1) is 12.7 Å². The van der Waals surface area contributed by atoms with Crippen LogP contribution in [-0.4, -0.2) is 51.8 Å².